The van der Waals surface area contributed by atoms with Gasteiger partial charge in [-0.3, -0.25) is 0 Å². The van der Waals surface area contributed by atoms with Gasteiger partial charge >= 0.3 is 0 Å². The smallest absolute Gasteiger partial charge is 0.152 e. The molecule has 0 aromatic heterocycles. The molecule has 18 heavy (non-hydrogen) atoms. The monoisotopic (exact) mass is 278 g/mol. The van der Waals surface area contributed by atoms with Crippen molar-refractivity contribution in [1.82, 2.24) is 5.32 Å². The molecule has 1 rings (SSSR count). The molecule has 0 saturated heterocycles. The van der Waals surface area contributed by atoms with Gasteiger partial charge in [0.25, 0.3) is 0 Å². The van der Waals surface area contributed by atoms with Crippen LogP contribution in [-0.2, 0) is 9.84 Å². The predicted molar refractivity (Wildman–Crippen MR) is 73.1 cm³/mol. The normalized spacial score (nSPS) is 32.4. The summed E-state index contributed by atoms with van der Waals surface area (Å²) in [6.45, 7) is 4.30. The van der Waals surface area contributed by atoms with Gasteiger partial charge < -0.3 is 16.2 Å². The van der Waals surface area contributed by atoms with Crippen LogP contribution in [0.25, 0.3) is 0 Å². The van der Waals surface area contributed by atoms with Crippen molar-refractivity contribution in [2.24, 2.45) is 11.7 Å². The second-order valence-corrected chi connectivity index (χ2v) is 7.89. The van der Waals surface area contributed by atoms with Gasteiger partial charge in [-0.15, -0.1) is 0 Å². The van der Waals surface area contributed by atoms with Crippen molar-refractivity contribution in [3.8, 4) is 0 Å². The molecule has 1 aliphatic carbocycles. The lowest BCUT2D eigenvalue weighted by atomic mass is 9.93. The fourth-order valence-corrected chi connectivity index (χ4v) is 4.57. The summed E-state index contributed by atoms with van der Waals surface area (Å²) >= 11 is 0. The molecule has 0 aromatic carbocycles. The van der Waals surface area contributed by atoms with Gasteiger partial charge in [-0.2, -0.15) is 0 Å². The first-order chi connectivity index (χ1) is 8.27. The highest BCUT2D eigenvalue weighted by molar-refractivity contribution is 7.91. The third-order valence-electron chi connectivity index (χ3n) is 4.24. The molecule has 1 fully saturated rings. The number of hydrogen-bond acceptors (Lipinski definition) is 5. The maximum Gasteiger partial charge on any atom is 0.152 e. The van der Waals surface area contributed by atoms with E-state index in [0.29, 0.717) is 13.0 Å². The molecule has 0 amide bonds. The number of hydrogen-bond donors (Lipinski definition) is 3. The summed E-state index contributed by atoms with van der Waals surface area (Å²) in [6, 6.07) is 0.0425. The van der Waals surface area contributed by atoms with Crippen LogP contribution in [0.2, 0.25) is 0 Å². The van der Waals surface area contributed by atoms with Crippen LogP contribution in [0, 0.1) is 5.92 Å². The van der Waals surface area contributed by atoms with Gasteiger partial charge in [0.1, 0.15) is 0 Å². The van der Waals surface area contributed by atoms with E-state index in [1.54, 1.807) is 0 Å². The van der Waals surface area contributed by atoms with E-state index in [1.165, 1.54) is 6.26 Å². The molecule has 4 N–H and O–H groups in total. The van der Waals surface area contributed by atoms with E-state index >= 15 is 0 Å². The first kappa shape index (κ1) is 15.9. The fourth-order valence-electron chi connectivity index (χ4n) is 2.88. The fraction of sp³-hybridized carbons (Fsp3) is 1.00. The molecule has 6 heteroatoms. The first-order valence-electron chi connectivity index (χ1n) is 6.54. The number of nitrogens with one attached hydrogen (secondary N) is 1. The SMILES string of the molecule is CC(CO)C(C)NC1(CN)CCCC1S(C)(=O)=O. The van der Waals surface area contributed by atoms with Gasteiger partial charge in [0, 0.05) is 31.0 Å². The summed E-state index contributed by atoms with van der Waals surface area (Å²) in [5.41, 5.74) is 5.33. The third kappa shape index (κ3) is 3.23. The minimum Gasteiger partial charge on any atom is -0.396 e. The van der Waals surface area contributed by atoms with Crippen LogP contribution in [0.3, 0.4) is 0 Å². The molecular weight excluding hydrogens is 252 g/mol. The van der Waals surface area contributed by atoms with Gasteiger partial charge in [-0.25, -0.2) is 8.42 Å². The summed E-state index contributed by atoms with van der Waals surface area (Å²) in [4.78, 5) is 0. The highest BCUT2D eigenvalue weighted by Gasteiger charge is 2.47. The van der Waals surface area contributed by atoms with E-state index in [1.807, 2.05) is 13.8 Å². The van der Waals surface area contributed by atoms with Crippen LogP contribution in [0.4, 0.5) is 0 Å². The lowest BCUT2D eigenvalue weighted by Crippen LogP contribution is -2.62. The van der Waals surface area contributed by atoms with Gasteiger partial charge in [-0.05, 0) is 25.7 Å². The minimum absolute atomic E-state index is 0.0425. The average Bonchev–Trinajstić information content (AvgIpc) is 2.72. The average molecular weight is 278 g/mol. The molecular formula is C12H26N2O3S. The summed E-state index contributed by atoms with van der Waals surface area (Å²) in [5.74, 6) is 0.0780. The number of sulfone groups is 1. The van der Waals surface area contributed by atoms with Crippen molar-refractivity contribution in [2.45, 2.75) is 49.9 Å². The van der Waals surface area contributed by atoms with E-state index in [-0.39, 0.29) is 18.6 Å². The van der Waals surface area contributed by atoms with Gasteiger partial charge in [0.15, 0.2) is 9.84 Å². The molecule has 1 aliphatic rings. The second kappa shape index (κ2) is 5.86. The van der Waals surface area contributed by atoms with E-state index in [9.17, 15) is 13.5 Å². The molecule has 108 valence electrons. The Balaban J connectivity index is 2.91. The van der Waals surface area contributed by atoms with Crippen LogP contribution in [0.5, 0.6) is 0 Å². The Morgan fingerprint density at radius 3 is 2.56 bits per heavy atom. The maximum atomic E-state index is 11.9. The Bertz CT molecular complexity index is 372. The summed E-state index contributed by atoms with van der Waals surface area (Å²) in [6.07, 6.45) is 3.62. The van der Waals surface area contributed by atoms with Crippen LogP contribution in [-0.4, -0.2) is 49.8 Å². The summed E-state index contributed by atoms with van der Waals surface area (Å²) < 4.78 is 23.8. The van der Waals surface area contributed by atoms with Crippen LogP contribution in [0.15, 0.2) is 0 Å². The minimum atomic E-state index is -3.11. The Kier molecular flexibility index (Phi) is 5.17. The second-order valence-electron chi connectivity index (χ2n) is 5.66. The zero-order chi connectivity index (χ0) is 14.0. The van der Waals surface area contributed by atoms with Crippen molar-refractivity contribution in [1.29, 1.82) is 0 Å². The van der Waals surface area contributed by atoms with Gasteiger partial charge in [0.05, 0.1) is 5.25 Å². The zero-order valence-electron chi connectivity index (χ0n) is 11.5. The number of aliphatic hydroxyl groups excluding tert-OH is 1. The third-order valence-corrected chi connectivity index (χ3v) is 5.96. The molecule has 0 aliphatic heterocycles. The highest BCUT2D eigenvalue weighted by Crippen LogP contribution is 2.35. The van der Waals surface area contributed by atoms with Crippen molar-refractivity contribution >= 4 is 9.84 Å². The Hall–Kier alpha value is -0.170. The molecule has 0 aromatic rings. The van der Waals surface area contributed by atoms with Crippen LogP contribution in [0.1, 0.15) is 33.1 Å². The molecule has 5 nitrogen and oxygen atoms in total. The largest absolute Gasteiger partial charge is 0.396 e. The molecule has 0 spiro atoms. The van der Waals surface area contributed by atoms with Crippen LogP contribution < -0.4 is 11.1 Å². The molecule has 0 radical (unpaired) electrons. The van der Waals surface area contributed by atoms with Crippen LogP contribution >= 0.6 is 0 Å². The number of nitrogens with two attached hydrogens (primary N) is 1. The van der Waals surface area contributed by atoms with E-state index in [2.05, 4.69) is 5.32 Å². The predicted octanol–water partition coefficient (Wildman–Crippen LogP) is -0.112. The lowest BCUT2D eigenvalue weighted by molar-refractivity contribution is 0.182. The Morgan fingerprint density at radius 2 is 2.11 bits per heavy atom. The molecule has 4 unspecified atom stereocenters. The maximum absolute atomic E-state index is 11.9. The van der Waals surface area contributed by atoms with Crippen molar-refractivity contribution in [2.75, 3.05) is 19.4 Å². The molecule has 4 atom stereocenters. The van der Waals surface area contributed by atoms with E-state index in [4.69, 9.17) is 5.73 Å². The summed E-state index contributed by atoms with van der Waals surface area (Å²) in [7, 11) is -3.11. The summed E-state index contributed by atoms with van der Waals surface area (Å²) in [5, 5.41) is 12.1. The van der Waals surface area contributed by atoms with Gasteiger partial charge in [0.2, 0.25) is 0 Å². The van der Waals surface area contributed by atoms with Crippen molar-refractivity contribution < 1.29 is 13.5 Å². The molecule has 1 saturated carbocycles. The molecule has 0 heterocycles. The number of aliphatic hydroxyl groups is 1. The highest BCUT2D eigenvalue weighted by atomic mass is 32.2. The first-order valence-corrected chi connectivity index (χ1v) is 8.50. The Morgan fingerprint density at radius 1 is 1.50 bits per heavy atom. The zero-order valence-corrected chi connectivity index (χ0v) is 12.3. The van der Waals surface area contributed by atoms with Gasteiger partial charge in [-0.1, -0.05) is 13.3 Å². The Labute approximate surface area is 110 Å². The quantitative estimate of drug-likeness (QED) is 0.630. The standard InChI is InChI=1S/C12H26N2O3S/c1-9(7-15)10(2)14-12(8-13)6-4-5-11(12)18(3,16)17/h9-11,14-15H,4-8,13H2,1-3H3. The van der Waals surface area contributed by atoms with E-state index in [0.717, 1.165) is 12.8 Å². The van der Waals surface area contributed by atoms with Crippen molar-refractivity contribution in [3.05, 3.63) is 0 Å². The molecule has 0 bridgehead atoms. The topological polar surface area (TPSA) is 92.4 Å². The van der Waals surface area contributed by atoms with E-state index < -0.39 is 20.6 Å². The van der Waals surface area contributed by atoms with Crippen molar-refractivity contribution in [3.63, 3.8) is 0 Å². The number of rotatable bonds is 6. The lowest BCUT2D eigenvalue weighted by Gasteiger charge is -2.38.